The zero-order valence-corrected chi connectivity index (χ0v) is 12.2. The van der Waals surface area contributed by atoms with Gasteiger partial charge in [0.2, 0.25) is 0 Å². The molecule has 0 spiro atoms. The van der Waals surface area contributed by atoms with E-state index in [1.807, 2.05) is 12.4 Å². The van der Waals surface area contributed by atoms with Crippen LogP contribution < -0.4 is 5.32 Å². The summed E-state index contributed by atoms with van der Waals surface area (Å²) in [6.45, 7) is 6.02. The van der Waals surface area contributed by atoms with Crippen LogP contribution in [0.4, 0.5) is 0 Å². The lowest BCUT2D eigenvalue weighted by atomic mass is 10.2. The van der Waals surface area contributed by atoms with Gasteiger partial charge in [0.05, 0.1) is 5.75 Å². The van der Waals surface area contributed by atoms with Crippen molar-refractivity contribution in [3.8, 4) is 0 Å². The second-order valence-electron chi connectivity index (χ2n) is 4.34. The van der Waals surface area contributed by atoms with E-state index in [0.717, 1.165) is 30.2 Å². The Kier molecular flexibility index (Phi) is 5.36. The minimum absolute atomic E-state index is 0.812. The summed E-state index contributed by atoms with van der Waals surface area (Å²) in [6.07, 6.45) is 3.81. The third kappa shape index (κ3) is 4.33. The third-order valence-electron chi connectivity index (χ3n) is 2.79. The molecule has 0 saturated heterocycles. The van der Waals surface area contributed by atoms with Crippen LogP contribution in [0.3, 0.4) is 0 Å². The van der Waals surface area contributed by atoms with Crippen LogP contribution in [0.2, 0.25) is 0 Å². The number of rotatable bonds is 6. The van der Waals surface area contributed by atoms with E-state index in [2.05, 4.69) is 53.4 Å². The van der Waals surface area contributed by atoms with Crippen molar-refractivity contribution in [3.05, 3.63) is 53.6 Å². The van der Waals surface area contributed by atoms with Gasteiger partial charge in [-0.2, -0.15) is 0 Å². The molecule has 3 nitrogen and oxygen atoms in total. The van der Waals surface area contributed by atoms with E-state index in [1.165, 1.54) is 10.5 Å². The van der Waals surface area contributed by atoms with Crippen molar-refractivity contribution in [2.75, 3.05) is 6.54 Å². The van der Waals surface area contributed by atoms with E-state index in [1.54, 1.807) is 11.8 Å². The Morgan fingerprint density at radius 2 is 1.89 bits per heavy atom. The molecular weight excluding hydrogens is 254 g/mol. The SMILES string of the molecule is CCNCc1cnc(CSc2ccccc2C)nc1. The smallest absolute Gasteiger partial charge is 0.138 e. The number of thioether (sulfide) groups is 1. The zero-order valence-electron chi connectivity index (χ0n) is 11.4. The highest BCUT2D eigenvalue weighted by Crippen LogP contribution is 2.24. The molecule has 0 unspecified atom stereocenters. The van der Waals surface area contributed by atoms with E-state index in [-0.39, 0.29) is 0 Å². The normalized spacial score (nSPS) is 10.6. The van der Waals surface area contributed by atoms with Crippen molar-refractivity contribution in [2.45, 2.75) is 31.0 Å². The molecule has 19 heavy (non-hydrogen) atoms. The van der Waals surface area contributed by atoms with Crippen LogP contribution >= 0.6 is 11.8 Å². The van der Waals surface area contributed by atoms with Gasteiger partial charge in [0.1, 0.15) is 5.82 Å². The fourth-order valence-electron chi connectivity index (χ4n) is 1.68. The first kappa shape index (κ1) is 14.0. The lowest BCUT2D eigenvalue weighted by molar-refractivity contribution is 0.719. The molecule has 2 rings (SSSR count). The highest BCUT2D eigenvalue weighted by molar-refractivity contribution is 7.98. The lowest BCUT2D eigenvalue weighted by Gasteiger charge is -2.05. The summed E-state index contributed by atoms with van der Waals surface area (Å²) in [6, 6.07) is 8.39. The molecule has 2 aromatic rings. The average Bonchev–Trinajstić information content (AvgIpc) is 2.45. The number of nitrogens with one attached hydrogen (secondary N) is 1. The Balaban J connectivity index is 1.91. The second-order valence-corrected chi connectivity index (χ2v) is 5.36. The first-order chi connectivity index (χ1) is 9.29. The van der Waals surface area contributed by atoms with E-state index in [9.17, 15) is 0 Å². The molecule has 0 radical (unpaired) electrons. The molecule has 0 aliphatic carbocycles. The molecule has 4 heteroatoms. The summed E-state index contributed by atoms with van der Waals surface area (Å²) in [5, 5.41) is 3.26. The van der Waals surface area contributed by atoms with Gasteiger partial charge in [0, 0.05) is 29.4 Å². The van der Waals surface area contributed by atoms with Gasteiger partial charge < -0.3 is 5.32 Å². The summed E-state index contributed by atoms with van der Waals surface area (Å²) < 4.78 is 0. The Bertz CT molecular complexity index is 511. The summed E-state index contributed by atoms with van der Waals surface area (Å²) in [5.74, 6) is 1.69. The predicted molar refractivity (Wildman–Crippen MR) is 80.2 cm³/mol. The molecule has 0 aliphatic rings. The summed E-state index contributed by atoms with van der Waals surface area (Å²) in [5.41, 5.74) is 2.43. The standard InChI is InChI=1S/C15H19N3S/c1-3-16-8-13-9-17-15(18-10-13)11-19-14-7-5-4-6-12(14)2/h4-7,9-10,16H,3,8,11H2,1-2H3. The van der Waals surface area contributed by atoms with Gasteiger partial charge in [-0.05, 0) is 25.1 Å². The maximum absolute atomic E-state index is 4.40. The van der Waals surface area contributed by atoms with Crippen molar-refractivity contribution in [3.63, 3.8) is 0 Å². The van der Waals surface area contributed by atoms with Crippen LogP contribution in [0.1, 0.15) is 23.9 Å². The number of hydrogen-bond donors (Lipinski definition) is 1. The summed E-state index contributed by atoms with van der Waals surface area (Å²) >= 11 is 1.78. The van der Waals surface area contributed by atoms with Gasteiger partial charge in [0.25, 0.3) is 0 Å². The third-order valence-corrected chi connectivity index (χ3v) is 3.96. The second kappa shape index (κ2) is 7.26. The highest BCUT2D eigenvalue weighted by Gasteiger charge is 2.01. The largest absolute Gasteiger partial charge is 0.313 e. The van der Waals surface area contributed by atoms with Crippen molar-refractivity contribution in [1.29, 1.82) is 0 Å². The van der Waals surface area contributed by atoms with Crippen molar-refractivity contribution < 1.29 is 0 Å². The minimum atomic E-state index is 0.812. The van der Waals surface area contributed by atoms with Crippen LogP contribution in [0.5, 0.6) is 0 Å². The monoisotopic (exact) mass is 273 g/mol. The molecule has 100 valence electrons. The number of benzene rings is 1. The van der Waals surface area contributed by atoms with Gasteiger partial charge in [-0.15, -0.1) is 11.8 Å². The Morgan fingerprint density at radius 1 is 1.16 bits per heavy atom. The summed E-state index contributed by atoms with van der Waals surface area (Å²) in [4.78, 5) is 10.1. The van der Waals surface area contributed by atoms with E-state index in [0.29, 0.717) is 0 Å². The molecule has 1 N–H and O–H groups in total. The molecule has 1 aromatic heterocycles. The van der Waals surface area contributed by atoms with Crippen LogP contribution in [0.25, 0.3) is 0 Å². The van der Waals surface area contributed by atoms with Crippen LogP contribution in [-0.2, 0) is 12.3 Å². The van der Waals surface area contributed by atoms with E-state index >= 15 is 0 Å². The molecule has 0 atom stereocenters. The number of hydrogen-bond acceptors (Lipinski definition) is 4. The highest BCUT2D eigenvalue weighted by atomic mass is 32.2. The molecular formula is C15H19N3S. The number of aryl methyl sites for hydroxylation is 1. The first-order valence-electron chi connectivity index (χ1n) is 6.48. The van der Waals surface area contributed by atoms with Crippen molar-refractivity contribution >= 4 is 11.8 Å². The van der Waals surface area contributed by atoms with Gasteiger partial charge in [-0.25, -0.2) is 9.97 Å². The van der Waals surface area contributed by atoms with E-state index < -0.39 is 0 Å². The Morgan fingerprint density at radius 3 is 2.58 bits per heavy atom. The lowest BCUT2D eigenvalue weighted by Crippen LogP contribution is -2.12. The maximum Gasteiger partial charge on any atom is 0.138 e. The predicted octanol–water partition coefficient (Wildman–Crippen LogP) is 3.19. The zero-order chi connectivity index (χ0) is 13.5. The molecule has 0 saturated carbocycles. The number of nitrogens with zero attached hydrogens (tertiary/aromatic N) is 2. The number of aromatic nitrogens is 2. The molecule has 1 heterocycles. The molecule has 1 aromatic carbocycles. The van der Waals surface area contributed by atoms with Gasteiger partial charge in [0.15, 0.2) is 0 Å². The average molecular weight is 273 g/mol. The van der Waals surface area contributed by atoms with Crippen LogP contribution in [0, 0.1) is 6.92 Å². The fourth-order valence-corrected chi connectivity index (χ4v) is 2.58. The van der Waals surface area contributed by atoms with Gasteiger partial charge in [-0.1, -0.05) is 25.1 Å². The van der Waals surface area contributed by atoms with E-state index in [4.69, 9.17) is 0 Å². The summed E-state index contributed by atoms with van der Waals surface area (Å²) in [7, 11) is 0. The van der Waals surface area contributed by atoms with Gasteiger partial charge >= 0.3 is 0 Å². The van der Waals surface area contributed by atoms with Crippen LogP contribution in [-0.4, -0.2) is 16.5 Å². The van der Waals surface area contributed by atoms with Crippen molar-refractivity contribution in [2.24, 2.45) is 0 Å². The maximum atomic E-state index is 4.40. The molecule has 0 fully saturated rings. The minimum Gasteiger partial charge on any atom is -0.313 e. The Hall–Kier alpha value is -1.39. The molecule has 0 amide bonds. The molecule has 0 bridgehead atoms. The topological polar surface area (TPSA) is 37.8 Å². The van der Waals surface area contributed by atoms with Crippen molar-refractivity contribution in [1.82, 2.24) is 15.3 Å². The van der Waals surface area contributed by atoms with Gasteiger partial charge in [-0.3, -0.25) is 0 Å². The Labute approximate surface area is 118 Å². The molecule has 0 aliphatic heterocycles. The quantitative estimate of drug-likeness (QED) is 0.820. The van der Waals surface area contributed by atoms with Crippen LogP contribution in [0.15, 0.2) is 41.6 Å². The fraction of sp³-hybridized carbons (Fsp3) is 0.333. The first-order valence-corrected chi connectivity index (χ1v) is 7.47.